The van der Waals surface area contributed by atoms with Gasteiger partial charge < -0.3 is 20.1 Å². The summed E-state index contributed by atoms with van der Waals surface area (Å²) in [5.74, 6) is -0.142. The second-order valence-electron chi connectivity index (χ2n) is 9.29. The predicted molar refractivity (Wildman–Crippen MR) is 142 cm³/mol. The van der Waals surface area contributed by atoms with Crippen LogP contribution in [0.5, 0.6) is 11.5 Å². The molecule has 0 aromatic heterocycles. The van der Waals surface area contributed by atoms with Crippen molar-refractivity contribution in [2.24, 2.45) is 5.92 Å². The molecule has 1 amide bonds. The number of nitrogens with zero attached hydrogens (tertiary/aromatic N) is 1. The highest BCUT2D eigenvalue weighted by Crippen LogP contribution is 2.52. The van der Waals surface area contributed by atoms with Crippen molar-refractivity contribution < 1.29 is 18.7 Å². The molecule has 1 saturated heterocycles. The van der Waals surface area contributed by atoms with Crippen LogP contribution in [0.3, 0.4) is 0 Å². The van der Waals surface area contributed by atoms with Gasteiger partial charge in [-0.1, -0.05) is 29.8 Å². The number of hydrogen-bond donors (Lipinski definition) is 2. The van der Waals surface area contributed by atoms with Gasteiger partial charge in [0, 0.05) is 16.9 Å². The highest BCUT2D eigenvalue weighted by molar-refractivity contribution is 7.80. The van der Waals surface area contributed by atoms with Gasteiger partial charge in [-0.05, 0) is 81.9 Å². The van der Waals surface area contributed by atoms with Gasteiger partial charge in [-0.25, -0.2) is 4.39 Å². The van der Waals surface area contributed by atoms with Crippen molar-refractivity contribution in [3.05, 3.63) is 83.2 Å². The van der Waals surface area contributed by atoms with E-state index >= 15 is 0 Å². The number of amides is 1. The second kappa shape index (κ2) is 9.09. The number of halogens is 1. The fourth-order valence-corrected chi connectivity index (χ4v) is 5.60. The maximum Gasteiger partial charge on any atom is 0.236 e. The fraction of sp³-hybridized carbons (Fsp3) is 0.286. The van der Waals surface area contributed by atoms with Gasteiger partial charge in [-0.3, -0.25) is 9.69 Å². The van der Waals surface area contributed by atoms with Crippen LogP contribution in [0.15, 0.2) is 60.7 Å². The molecule has 2 bridgehead atoms. The molecule has 5 rings (SSSR count). The molecule has 3 atom stereocenters. The SMILES string of the molecule is CCOc1cccc2c1O[C@]1(C)[C@H](C(=O)Nc3ccc(C)cc3C)[C@@H]2NC(=S)N1c1ccc(F)cc1. The standard InChI is InChI=1S/C28H28FN3O3S/c1-5-34-22-8-6-7-20-24-23(26(33)30-21-14-9-16(2)15-17(21)3)28(4,35-25(20)22)32(27(36)31-24)19-12-10-18(29)11-13-19/h6-15,23-24H,5H2,1-4H3,(H,30,33)(H,31,36)/t23-,24+,28+/m0/s1. The normalized spacial score (nSPS) is 22.2. The number of aryl methyl sites for hydroxylation is 2. The first-order chi connectivity index (χ1) is 17.2. The van der Waals surface area contributed by atoms with Crippen molar-refractivity contribution in [1.82, 2.24) is 5.32 Å². The second-order valence-corrected chi connectivity index (χ2v) is 9.68. The molecule has 0 aliphatic carbocycles. The zero-order valence-electron chi connectivity index (χ0n) is 20.6. The van der Waals surface area contributed by atoms with Crippen LogP contribution >= 0.6 is 12.2 Å². The molecule has 2 heterocycles. The molecule has 0 spiro atoms. The molecule has 0 saturated carbocycles. The molecule has 3 aromatic carbocycles. The third kappa shape index (κ3) is 3.95. The minimum atomic E-state index is -1.23. The summed E-state index contributed by atoms with van der Waals surface area (Å²) < 4.78 is 26.3. The molecule has 0 radical (unpaired) electrons. The van der Waals surface area contributed by atoms with E-state index in [2.05, 4.69) is 10.6 Å². The minimum Gasteiger partial charge on any atom is -0.490 e. The Morgan fingerprint density at radius 3 is 2.64 bits per heavy atom. The first-order valence-electron chi connectivity index (χ1n) is 11.9. The largest absolute Gasteiger partial charge is 0.490 e. The lowest BCUT2D eigenvalue weighted by Gasteiger charge is -2.56. The summed E-state index contributed by atoms with van der Waals surface area (Å²) in [6.45, 7) is 8.19. The summed E-state index contributed by atoms with van der Waals surface area (Å²) in [4.78, 5) is 15.7. The molecule has 8 heteroatoms. The molecule has 2 aliphatic heterocycles. The van der Waals surface area contributed by atoms with Crippen molar-refractivity contribution in [2.45, 2.75) is 39.5 Å². The molecule has 1 fully saturated rings. The van der Waals surface area contributed by atoms with E-state index in [1.54, 1.807) is 17.0 Å². The monoisotopic (exact) mass is 505 g/mol. The van der Waals surface area contributed by atoms with Gasteiger partial charge in [0.1, 0.15) is 11.7 Å². The Labute approximate surface area is 215 Å². The smallest absolute Gasteiger partial charge is 0.236 e. The van der Waals surface area contributed by atoms with Crippen LogP contribution < -0.4 is 25.0 Å². The van der Waals surface area contributed by atoms with Crippen LogP contribution in [-0.2, 0) is 4.79 Å². The Balaban J connectivity index is 1.64. The number of carbonyl (C=O) groups excluding carboxylic acids is 1. The lowest BCUT2D eigenvalue weighted by Crippen LogP contribution is -2.72. The van der Waals surface area contributed by atoms with Crippen molar-refractivity contribution in [3.63, 3.8) is 0 Å². The van der Waals surface area contributed by atoms with Crippen molar-refractivity contribution in [2.75, 3.05) is 16.8 Å². The lowest BCUT2D eigenvalue weighted by molar-refractivity contribution is -0.130. The summed E-state index contributed by atoms with van der Waals surface area (Å²) in [5, 5.41) is 6.86. The number of hydrogen-bond acceptors (Lipinski definition) is 4. The number of rotatable bonds is 5. The minimum absolute atomic E-state index is 0.218. The highest BCUT2D eigenvalue weighted by Gasteiger charge is 2.59. The Hall–Kier alpha value is -3.65. The van der Waals surface area contributed by atoms with Crippen LogP contribution in [0.1, 0.15) is 36.6 Å². The zero-order valence-corrected chi connectivity index (χ0v) is 21.4. The number of carbonyl (C=O) groups is 1. The summed E-state index contributed by atoms with van der Waals surface area (Å²) in [6, 6.07) is 17.0. The molecule has 2 N–H and O–H groups in total. The van der Waals surface area contributed by atoms with Crippen molar-refractivity contribution >= 4 is 34.6 Å². The highest BCUT2D eigenvalue weighted by atomic mass is 32.1. The van der Waals surface area contributed by atoms with Gasteiger partial charge >= 0.3 is 0 Å². The predicted octanol–water partition coefficient (Wildman–Crippen LogP) is 5.64. The van der Waals surface area contributed by atoms with Gasteiger partial charge in [0.15, 0.2) is 22.3 Å². The zero-order chi connectivity index (χ0) is 25.6. The third-order valence-electron chi connectivity index (χ3n) is 6.80. The molecule has 0 unspecified atom stereocenters. The summed E-state index contributed by atoms with van der Waals surface area (Å²) >= 11 is 5.76. The van der Waals surface area contributed by atoms with E-state index < -0.39 is 17.7 Å². The lowest BCUT2D eigenvalue weighted by atomic mass is 9.78. The number of para-hydroxylation sites is 1. The maximum atomic E-state index is 14.0. The number of thiocarbonyl (C=S) groups is 1. The first kappa shape index (κ1) is 24.1. The van der Waals surface area contributed by atoms with E-state index in [0.717, 1.165) is 22.4 Å². The number of anilines is 2. The fourth-order valence-electron chi connectivity index (χ4n) is 5.18. The molecule has 2 aliphatic rings. The molecule has 3 aromatic rings. The number of ether oxygens (including phenoxy) is 2. The number of fused-ring (bicyclic) bond motifs is 4. The van der Waals surface area contributed by atoms with E-state index in [-0.39, 0.29) is 11.7 Å². The van der Waals surface area contributed by atoms with E-state index in [1.165, 1.54) is 12.1 Å². The van der Waals surface area contributed by atoms with E-state index in [4.69, 9.17) is 21.7 Å². The Kier molecular flexibility index (Phi) is 6.08. The van der Waals surface area contributed by atoms with Crippen LogP contribution in [0.25, 0.3) is 0 Å². The maximum absolute atomic E-state index is 14.0. The Morgan fingerprint density at radius 2 is 1.94 bits per heavy atom. The summed E-state index contributed by atoms with van der Waals surface area (Å²) in [6.07, 6.45) is 0. The van der Waals surface area contributed by atoms with E-state index in [9.17, 15) is 9.18 Å². The van der Waals surface area contributed by atoms with Crippen LogP contribution in [-0.4, -0.2) is 23.4 Å². The van der Waals surface area contributed by atoms with Crippen LogP contribution in [0.2, 0.25) is 0 Å². The average Bonchev–Trinajstić information content (AvgIpc) is 2.82. The van der Waals surface area contributed by atoms with Gasteiger partial charge in [-0.2, -0.15) is 0 Å². The molecular formula is C28H28FN3O3S. The summed E-state index contributed by atoms with van der Waals surface area (Å²) in [7, 11) is 0. The molecular weight excluding hydrogens is 477 g/mol. The molecule has 36 heavy (non-hydrogen) atoms. The Morgan fingerprint density at radius 1 is 1.19 bits per heavy atom. The summed E-state index contributed by atoms with van der Waals surface area (Å²) in [5.41, 5.74) is 2.98. The topological polar surface area (TPSA) is 62.8 Å². The van der Waals surface area contributed by atoms with Gasteiger partial charge in [-0.15, -0.1) is 0 Å². The van der Waals surface area contributed by atoms with Gasteiger partial charge in [0.2, 0.25) is 5.91 Å². The first-order valence-corrected chi connectivity index (χ1v) is 12.3. The number of nitrogens with one attached hydrogen (secondary N) is 2. The molecule has 6 nitrogen and oxygen atoms in total. The quantitative estimate of drug-likeness (QED) is 0.438. The Bertz CT molecular complexity index is 1350. The van der Waals surface area contributed by atoms with E-state index in [0.29, 0.717) is 28.9 Å². The average molecular weight is 506 g/mol. The van der Waals surface area contributed by atoms with Crippen LogP contribution in [0.4, 0.5) is 15.8 Å². The van der Waals surface area contributed by atoms with Gasteiger partial charge in [0.25, 0.3) is 0 Å². The number of benzene rings is 3. The third-order valence-corrected chi connectivity index (χ3v) is 7.10. The van der Waals surface area contributed by atoms with Crippen LogP contribution in [0, 0.1) is 25.6 Å². The van der Waals surface area contributed by atoms with Crippen molar-refractivity contribution in [1.29, 1.82) is 0 Å². The van der Waals surface area contributed by atoms with Gasteiger partial charge in [0.05, 0.1) is 12.6 Å². The molecule has 186 valence electrons. The van der Waals surface area contributed by atoms with Crippen molar-refractivity contribution in [3.8, 4) is 11.5 Å². The van der Waals surface area contributed by atoms with E-state index in [1.807, 2.05) is 64.1 Å².